The van der Waals surface area contributed by atoms with Gasteiger partial charge in [-0.15, -0.1) is 0 Å². The van der Waals surface area contributed by atoms with Gasteiger partial charge in [0.05, 0.1) is 0 Å². The standard InChI is InChI=1S/C18H26N2.C2H6/c1-15-6-8-16(9-7-15)18-5-3-2-4-17(18)14-20-12-10-19-11-13-20;1-2/h6-9,19H,2-5,10-14H2,1H3;1-2H3. The Morgan fingerprint density at radius 3 is 2.27 bits per heavy atom. The van der Waals surface area contributed by atoms with Crippen LogP contribution in [0.15, 0.2) is 29.8 Å². The summed E-state index contributed by atoms with van der Waals surface area (Å²) in [4.78, 5) is 2.62. The minimum Gasteiger partial charge on any atom is -0.314 e. The lowest BCUT2D eigenvalue weighted by Crippen LogP contribution is -2.44. The summed E-state index contributed by atoms with van der Waals surface area (Å²) in [6, 6.07) is 9.13. The third-order valence-electron chi connectivity index (χ3n) is 4.61. The Bertz CT molecular complexity index is 467. The van der Waals surface area contributed by atoms with Crippen LogP contribution in [0.4, 0.5) is 0 Å². The molecule has 0 radical (unpaired) electrons. The van der Waals surface area contributed by atoms with Crippen LogP contribution in [-0.2, 0) is 0 Å². The van der Waals surface area contributed by atoms with Gasteiger partial charge in [-0.2, -0.15) is 0 Å². The maximum atomic E-state index is 3.44. The van der Waals surface area contributed by atoms with E-state index in [1.807, 2.05) is 13.8 Å². The number of rotatable bonds is 3. The number of hydrogen-bond acceptors (Lipinski definition) is 2. The van der Waals surface area contributed by atoms with Gasteiger partial charge in [-0.1, -0.05) is 49.2 Å². The highest BCUT2D eigenvalue weighted by molar-refractivity contribution is 5.70. The van der Waals surface area contributed by atoms with Gasteiger partial charge in [-0.3, -0.25) is 4.90 Å². The largest absolute Gasteiger partial charge is 0.314 e. The second kappa shape index (κ2) is 9.12. The first-order valence-corrected chi connectivity index (χ1v) is 9.04. The van der Waals surface area contributed by atoms with Gasteiger partial charge in [0.2, 0.25) is 0 Å². The quantitative estimate of drug-likeness (QED) is 0.897. The summed E-state index contributed by atoms with van der Waals surface area (Å²) >= 11 is 0. The van der Waals surface area contributed by atoms with Crippen molar-refractivity contribution in [3.8, 4) is 0 Å². The lowest BCUT2D eigenvalue weighted by Gasteiger charge is -2.31. The van der Waals surface area contributed by atoms with Gasteiger partial charge in [-0.05, 0) is 43.7 Å². The normalized spacial score (nSPS) is 19.6. The van der Waals surface area contributed by atoms with Crippen molar-refractivity contribution in [3.63, 3.8) is 0 Å². The van der Waals surface area contributed by atoms with Gasteiger partial charge in [0, 0.05) is 32.7 Å². The van der Waals surface area contributed by atoms with E-state index in [0.29, 0.717) is 0 Å². The maximum Gasteiger partial charge on any atom is 0.0200 e. The molecule has 0 spiro atoms. The zero-order chi connectivity index (χ0) is 15.8. The smallest absolute Gasteiger partial charge is 0.0200 e. The van der Waals surface area contributed by atoms with E-state index in [0.717, 1.165) is 13.1 Å². The molecule has 3 rings (SSSR count). The minimum absolute atomic E-state index is 1.15. The molecule has 1 aliphatic carbocycles. The Morgan fingerprint density at radius 1 is 0.955 bits per heavy atom. The van der Waals surface area contributed by atoms with Crippen LogP contribution in [-0.4, -0.2) is 37.6 Å². The molecule has 1 aromatic carbocycles. The Labute approximate surface area is 136 Å². The van der Waals surface area contributed by atoms with E-state index >= 15 is 0 Å². The molecular weight excluding hydrogens is 268 g/mol. The summed E-state index contributed by atoms with van der Waals surface area (Å²) in [5, 5.41) is 3.44. The maximum absolute atomic E-state index is 3.44. The fraction of sp³-hybridized carbons (Fsp3) is 0.600. The molecule has 122 valence electrons. The van der Waals surface area contributed by atoms with Crippen molar-refractivity contribution in [3.05, 3.63) is 41.0 Å². The van der Waals surface area contributed by atoms with Crippen LogP contribution in [0.2, 0.25) is 0 Å². The highest BCUT2D eigenvalue weighted by Crippen LogP contribution is 2.32. The van der Waals surface area contributed by atoms with Crippen molar-refractivity contribution in [2.45, 2.75) is 46.5 Å². The summed E-state index contributed by atoms with van der Waals surface area (Å²) < 4.78 is 0. The molecule has 2 nitrogen and oxygen atoms in total. The number of allylic oxidation sites excluding steroid dienone is 1. The first kappa shape index (κ1) is 17.2. The summed E-state index contributed by atoms with van der Waals surface area (Å²) in [6.07, 6.45) is 5.29. The second-order valence-corrected chi connectivity index (χ2v) is 6.18. The van der Waals surface area contributed by atoms with E-state index in [9.17, 15) is 0 Å². The van der Waals surface area contributed by atoms with E-state index in [1.54, 1.807) is 11.1 Å². The SMILES string of the molecule is CC.Cc1ccc(C2=C(CN3CCNCC3)CCCC2)cc1. The Hall–Kier alpha value is -1.12. The Morgan fingerprint density at radius 2 is 1.59 bits per heavy atom. The predicted octanol–water partition coefficient (Wildman–Crippen LogP) is 4.25. The monoisotopic (exact) mass is 300 g/mol. The minimum atomic E-state index is 1.15. The summed E-state index contributed by atoms with van der Waals surface area (Å²) in [5.74, 6) is 0. The molecule has 1 aliphatic heterocycles. The van der Waals surface area contributed by atoms with Crippen molar-refractivity contribution in [2.75, 3.05) is 32.7 Å². The van der Waals surface area contributed by atoms with Crippen LogP contribution in [0.25, 0.3) is 5.57 Å². The van der Waals surface area contributed by atoms with Crippen molar-refractivity contribution in [1.29, 1.82) is 0 Å². The van der Waals surface area contributed by atoms with Gasteiger partial charge in [0.15, 0.2) is 0 Å². The van der Waals surface area contributed by atoms with Gasteiger partial charge in [-0.25, -0.2) is 0 Å². The third-order valence-corrected chi connectivity index (χ3v) is 4.61. The van der Waals surface area contributed by atoms with Crippen LogP contribution in [0.3, 0.4) is 0 Å². The van der Waals surface area contributed by atoms with Crippen molar-refractivity contribution < 1.29 is 0 Å². The molecule has 0 bridgehead atoms. The molecule has 0 aromatic heterocycles. The molecule has 2 heteroatoms. The molecule has 0 saturated carbocycles. The van der Waals surface area contributed by atoms with Crippen LogP contribution in [0.1, 0.15) is 50.7 Å². The molecule has 22 heavy (non-hydrogen) atoms. The highest BCUT2D eigenvalue weighted by Gasteiger charge is 2.18. The molecule has 0 atom stereocenters. The van der Waals surface area contributed by atoms with Gasteiger partial charge in [0.25, 0.3) is 0 Å². The molecular formula is C20H32N2. The predicted molar refractivity (Wildman–Crippen MR) is 97.2 cm³/mol. The summed E-state index contributed by atoms with van der Waals surface area (Å²) in [7, 11) is 0. The zero-order valence-electron chi connectivity index (χ0n) is 14.6. The average molecular weight is 300 g/mol. The molecule has 1 aromatic rings. The van der Waals surface area contributed by atoms with Crippen molar-refractivity contribution in [1.82, 2.24) is 10.2 Å². The lowest BCUT2D eigenvalue weighted by atomic mass is 9.87. The Kier molecular flexibility index (Phi) is 7.14. The van der Waals surface area contributed by atoms with E-state index in [-0.39, 0.29) is 0 Å². The molecule has 0 unspecified atom stereocenters. The molecule has 1 saturated heterocycles. The van der Waals surface area contributed by atoms with E-state index in [4.69, 9.17) is 0 Å². The van der Waals surface area contributed by atoms with Crippen LogP contribution < -0.4 is 5.32 Å². The fourth-order valence-electron chi connectivity index (χ4n) is 3.38. The first-order valence-electron chi connectivity index (χ1n) is 9.04. The van der Waals surface area contributed by atoms with Gasteiger partial charge < -0.3 is 5.32 Å². The Balaban J connectivity index is 0.000000847. The molecule has 2 aliphatic rings. The summed E-state index contributed by atoms with van der Waals surface area (Å²) in [5.41, 5.74) is 6.14. The van der Waals surface area contributed by atoms with E-state index < -0.39 is 0 Å². The van der Waals surface area contributed by atoms with Gasteiger partial charge in [0.1, 0.15) is 0 Å². The molecule has 1 fully saturated rings. The number of nitrogens with zero attached hydrogens (tertiary/aromatic N) is 1. The first-order chi connectivity index (χ1) is 10.8. The molecule has 0 amide bonds. The fourth-order valence-corrected chi connectivity index (χ4v) is 3.38. The van der Waals surface area contributed by atoms with Crippen molar-refractivity contribution >= 4 is 5.57 Å². The third kappa shape index (κ3) is 4.69. The topological polar surface area (TPSA) is 15.3 Å². The second-order valence-electron chi connectivity index (χ2n) is 6.18. The van der Waals surface area contributed by atoms with Crippen LogP contribution >= 0.6 is 0 Å². The van der Waals surface area contributed by atoms with Crippen LogP contribution in [0.5, 0.6) is 0 Å². The van der Waals surface area contributed by atoms with Gasteiger partial charge >= 0.3 is 0 Å². The highest BCUT2D eigenvalue weighted by atomic mass is 15.2. The van der Waals surface area contributed by atoms with Crippen LogP contribution in [0, 0.1) is 6.92 Å². The van der Waals surface area contributed by atoms with Crippen molar-refractivity contribution in [2.24, 2.45) is 0 Å². The molecule has 1 heterocycles. The summed E-state index contributed by atoms with van der Waals surface area (Å²) in [6.45, 7) is 12.0. The lowest BCUT2D eigenvalue weighted by molar-refractivity contribution is 0.257. The number of hydrogen-bond donors (Lipinski definition) is 1. The number of benzene rings is 1. The molecule has 1 N–H and O–H groups in total. The average Bonchev–Trinajstić information content (AvgIpc) is 2.59. The van der Waals surface area contributed by atoms with E-state index in [2.05, 4.69) is 41.4 Å². The zero-order valence-corrected chi connectivity index (χ0v) is 14.6. The van der Waals surface area contributed by atoms with E-state index in [1.165, 1.54) is 56.4 Å². The number of nitrogens with one attached hydrogen (secondary N) is 1. The number of piperazine rings is 1. The number of aryl methyl sites for hydroxylation is 1.